The van der Waals surface area contributed by atoms with Gasteiger partial charge in [0.1, 0.15) is 0 Å². The summed E-state index contributed by atoms with van der Waals surface area (Å²) >= 11 is 5.30. The van der Waals surface area contributed by atoms with Crippen molar-refractivity contribution in [3.63, 3.8) is 0 Å². The lowest BCUT2D eigenvalue weighted by molar-refractivity contribution is -0.0767. The molecule has 1 aromatic heterocycles. The van der Waals surface area contributed by atoms with Gasteiger partial charge < -0.3 is 10.5 Å². The van der Waals surface area contributed by atoms with Gasteiger partial charge in [-0.1, -0.05) is 0 Å². The summed E-state index contributed by atoms with van der Waals surface area (Å²) in [5, 5.41) is 0. The monoisotopic (exact) mass is 273 g/mol. The van der Waals surface area contributed by atoms with E-state index in [-0.39, 0.29) is 11.0 Å². The lowest BCUT2D eigenvalue weighted by atomic mass is 9.75. The Hall–Kier alpha value is 0.1000. The summed E-state index contributed by atoms with van der Waals surface area (Å²) in [6.07, 6.45) is 2.29. The zero-order valence-electron chi connectivity index (χ0n) is 7.75. The number of nitrogens with two attached hydrogens (primary N) is 1. The molecule has 0 atom stereocenters. The maximum absolute atomic E-state index is 6.34. The highest BCUT2D eigenvalue weighted by molar-refractivity contribution is 9.11. The third kappa shape index (κ3) is 1.08. The standard InChI is InChI=1S/C10H12BrNOS/c11-8-2-1-7(14-8)9(5-13-6-9)10(12)3-4-10/h1-2H,3-6,12H2. The van der Waals surface area contributed by atoms with Crippen molar-refractivity contribution in [2.45, 2.75) is 23.8 Å². The molecule has 4 heteroatoms. The number of rotatable bonds is 2. The molecule has 1 saturated carbocycles. The molecule has 0 amide bonds. The predicted octanol–water partition coefficient (Wildman–Crippen LogP) is 2.27. The lowest BCUT2D eigenvalue weighted by Crippen LogP contribution is -2.60. The van der Waals surface area contributed by atoms with Crippen molar-refractivity contribution >= 4 is 27.3 Å². The van der Waals surface area contributed by atoms with Crippen molar-refractivity contribution in [2.24, 2.45) is 5.73 Å². The fourth-order valence-electron chi connectivity index (χ4n) is 2.17. The molecule has 1 aromatic rings. The van der Waals surface area contributed by atoms with E-state index in [9.17, 15) is 0 Å². The van der Waals surface area contributed by atoms with Gasteiger partial charge in [0.05, 0.1) is 22.4 Å². The number of ether oxygens (including phenoxy) is 1. The minimum atomic E-state index is 0.0234. The van der Waals surface area contributed by atoms with Crippen LogP contribution in [0.3, 0.4) is 0 Å². The van der Waals surface area contributed by atoms with Crippen LogP contribution in [0.5, 0.6) is 0 Å². The highest BCUT2D eigenvalue weighted by Gasteiger charge is 2.62. The molecule has 0 bridgehead atoms. The second-order valence-electron chi connectivity index (χ2n) is 4.33. The smallest absolute Gasteiger partial charge is 0.0701 e. The molecular formula is C10H12BrNOS. The number of thiophene rings is 1. The fraction of sp³-hybridized carbons (Fsp3) is 0.600. The molecule has 2 aliphatic rings. The zero-order chi connectivity index (χ0) is 9.81. The zero-order valence-corrected chi connectivity index (χ0v) is 10.2. The Morgan fingerprint density at radius 2 is 2.07 bits per heavy atom. The second-order valence-corrected chi connectivity index (χ2v) is 6.80. The van der Waals surface area contributed by atoms with Crippen molar-refractivity contribution in [3.8, 4) is 0 Å². The van der Waals surface area contributed by atoms with E-state index in [1.54, 1.807) is 11.3 Å². The quantitative estimate of drug-likeness (QED) is 0.898. The third-order valence-electron chi connectivity index (χ3n) is 3.48. The Balaban J connectivity index is 2.01. The van der Waals surface area contributed by atoms with Crippen LogP contribution < -0.4 is 5.73 Å². The number of hydrogen-bond acceptors (Lipinski definition) is 3. The van der Waals surface area contributed by atoms with Gasteiger partial charge in [0.2, 0.25) is 0 Å². The van der Waals surface area contributed by atoms with Crippen LogP contribution in [-0.2, 0) is 10.2 Å². The molecular weight excluding hydrogens is 262 g/mol. The van der Waals surface area contributed by atoms with E-state index < -0.39 is 0 Å². The van der Waals surface area contributed by atoms with Crippen LogP contribution in [0.4, 0.5) is 0 Å². The van der Waals surface area contributed by atoms with Crippen molar-refractivity contribution in [3.05, 3.63) is 20.8 Å². The summed E-state index contributed by atoms with van der Waals surface area (Å²) < 4.78 is 6.56. The first kappa shape index (κ1) is 9.33. The molecule has 2 heterocycles. The summed E-state index contributed by atoms with van der Waals surface area (Å²) in [5.41, 5.74) is 6.49. The maximum Gasteiger partial charge on any atom is 0.0701 e. The molecule has 0 spiro atoms. The summed E-state index contributed by atoms with van der Waals surface area (Å²) in [4.78, 5) is 1.38. The van der Waals surface area contributed by atoms with Crippen molar-refractivity contribution in [2.75, 3.05) is 13.2 Å². The van der Waals surface area contributed by atoms with Crippen molar-refractivity contribution in [1.82, 2.24) is 0 Å². The van der Waals surface area contributed by atoms with Crippen LogP contribution in [0, 0.1) is 0 Å². The van der Waals surface area contributed by atoms with Gasteiger partial charge in [0.15, 0.2) is 0 Å². The van der Waals surface area contributed by atoms with Gasteiger partial charge in [-0.05, 0) is 40.9 Å². The lowest BCUT2D eigenvalue weighted by Gasteiger charge is -2.45. The predicted molar refractivity (Wildman–Crippen MR) is 60.7 cm³/mol. The molecule has 2 nitrogen and oxygen atoms in total. The number of hydrogen-bond donors (Lipinski definition) is 1. The highest BCUT2D eigenvalue weighted by atomic mass is 79.9. The largest absolute Gasteiger partial charge is 0.379 e. The third-order valence-corrected chi connectivity index (χ3v) is 5.31. The van der Waals surface area contributed by atoms with Crippen LogP contribution in [0.2, 0.25) is 0 Å². The van der Waals surface area contributed by atoms with E-state index in [0.29, 0.717) is 0 Å². The Kier molecular flexibility index (Phi) is 1.88. The molecule has 1 saturated heterocycles. The summed E-state index contributed by atoms with van der Waals surface area (Å²) in [7, 11) is 0. The average Bonchev–Trinajstić information content (AvgIpc) is 2.63. The molecule has 1 aliphatic heterocycles. The highest BCUT2D eigenvalue weighted by Crippen LogP contribution is 2.55. The van der Waals surface area contributed by atoms with E-state index >= 15 is 0 Å². The normalized spacial score (nSPS) is 27.0. The number of halogens is 1. The second kappa shape index (κ2) is 2.82. The maximum atomic E-state index is 6.34. The van der Waals surface area contributed by atoms with Gasteiger partial charge in [-0.25, -0.2) is 0 Å². The van der Waals surface area contributed by atoms with Crippen molar-refractivity contribution < 1.29 is 4.74 Å². The van der Waals surface area contributed by atoms with E-state index in [4.69, 9.17) is 10.5 Å². The van der Waals surface area contributed by atoms with Gasteiger partial charge in [0.25, 0.3) is 0 Å². The minimum absolute atomic E-state index is 0.0234. The van der Waals surface area contributed by atoms with Gasteiger partial charge >= 0.3 is 0 Å². The van der Waals surface area contributed by atoms with Crippen molar-refractivity contribution in [1.29, 1.82) is 0 Å². The molecule has 1 aliphatic carbocycles. The molecule has 2 N–H and O–H groups in total. The molecule has 0 radical (unpaired) electrons. The van der Waals surface area contributed by atoms with Crippen LogP contribution in [0.15, 0.2) is 15.9 Å². The van der Waals surface area contributed by atoms with Crippen LogP contribution in [0.25, 0.3) is 0 Å². The summed E-state index contributed by atoms with van der Waals surface area (Å²) in [6.45, 7) is 1.60. The molecule has 3 rings (SSSR count). The SMILES string of the molecule is NC1(C2(c3ccc(Br)s3)COC2)CC1. The van der Waals surface area contributed by atoms with E-state index in [1.165, 1.54) is 8.66 Å². The van der Waals surface area contributed by atoms with Crippen LogP contribution in [-0.4, -0.2) is 18.8 Å². The molecule has 2 fully saturated rings. The summed E-state index contributed by atoms with van der Waals surface area (Å²) in [6, 6.07) is 4.29. The van der Waals surface area contributed by atoms with Gasteiger partial charge in [0, 0.05) is 10.4 Å². The fourth-order valence-corrected chi connectivity index (χ4v) is 3.82. The first-order chi connectivity index (χ1) is 6.66. The first-order valence-corrected chi connectivity index (χ1v) is 6.40. The molecule has 0 aromatic carbocycles. The van der Waals surface area contributed by atoms with Crippen LogP contribution in [0.1, 0.15) is 17.7 Å². The van der Waals surface area contributed by atoms with Gasteiger partial charge in [-0.15, -0.1) is 11.3 Å². The average molecular weight is 274 g/mol. The van der Waals surface area contributed by atoms with E-state index in [0.717, 1.165) is 26.1 Å². The molecule has 76 valence electrons. The first-order valence-electron chi connectivity index (χ1n) is 4.79. The topological polar surface area (TPSA) is 35.2 Å². The van der Waals surface area contributed by atoms with E-state index in [2.05, 4.69) is 28.1 Å². The Bertz CT molecular complexity index is 368. The van der Waals surface area contributed by atoms with Gasteiger partial charge in [-0.2, -0.15) is 0 Å². The summed E-state index contributed by atoms with van der Waals surface area (Å²) in [5.74, 6) is 0. The Labute approximate surface area is 95.6 Å². The Morgan fingerprint density at radius 3 is 2.43 bits per heavy atom. The van der Waals surface area contributed by atoms with Gasteiger partial charge in [-0.3, -0.25) is 0 Å². The van der Waals surface area contributed by atoms with E-state index in [1.807, 2.05) is 0 Å². The Morgan fingerprint density at radius 1 is 1.36 bits per heavy atom. The molecule has 14 heavy (non-hydrogen) atoms. The minimum Gasteiger partial charge on any atom is -0.379 e. The molecule has 0 unspecified atom stereocenters. The van der Waals surface area contributed by atoms with Crippen LogP contribution >= 0.6 is 27.3 Å².